The molecular weight excluding hydrogens is 448 g/mol. The highest BCUT2D eigenvalue weighted by atomic mass is 32.2. The van der Waals surface area contributed by atoms with Gasteiger partial charge in [0.1, 0.15) is 4.70 Å². The zero-order valence-corrected chi connectivity index (χ0v) is 19.6. The van der Waals surface area contributed by atoms with Gasteiger partial charge >= 0.3 is 0 Å². The first-order valence-electron chi connectivity index (χ1n) is 9.55. The predicted molar refractivity (Wildman–Crippen MR) is 130 cm³/mol. The Morgan fingerprint density at radius 3 is 2.52 bits per heavy atom. The van der Waals surface area contributed by atoms with E-state index in [1.54, 1.807) is 4.57 Å². The summed E-state index contributed by atoms with van der Waals surface area (Å²) in [5, 5.41) is 3.33. The first-order valence-corrected chi connectivity index (χ1v) is 11.8. The Balaban J connectivity index is 1.61. The number of amides is 1. The monoisotopic (exact) mass is 468 g/mol. The SMILES string of the molecule is Cc1ccc(-n2c(=S)sc3c(=O)[nH]c(SCC(=O)Nc4c(C)cccc4C)nc32)cc1. The van der Waals surface area contributed by atoms with Crippen molar-refractivity contribution in [3.63, 3.8) is 0 Å². The van der Waals surface area contributed by atoms with E-state index in [9.17, 15) is 9.59 Å². The van der Waals surface area contributed by atoms with E-state index in [-0.39, 0.29) is 17.2 Å². The topological polar surface area (TPSA) is 79.8 Å². The Labute approximate surface area is 192 Å². The molecule has 6 nitrogen and oxygen atoms in total. The number of rotatable bonds is 5. The summed E-state index contributed by atoms with van der Waals surface area (Å²) >= 11 is 7.90. The highest BCUT2D eigenvalue weighted by molar-refractivity contribution is 7.99. The van der Waals surface area contributed by atoms with Crippen LogP contribution in [0, 0.1) is 24.7 Å². The molecule has 0 bridgehead atoms. The number of carbonyl (C=O) groups is 1. The van der Waals surface area contributed by atoms with Crippen LogP contribution in [0.4, 0.5) is 5.69 Å². The van der Waals surface area contributed by atoms with Crippen molar-refractivity contribution in [2.24, 2.45) is 0 Å². The molecule has 2 N–H and O–H groups in total. The van der Waals surface area contributed by atoms with Crippen LogP contribution in [0.15, 0.2) is 52.4 Å². The van der Waals surface area contributed by atoms with Crippen LogP contribution in [0.1, 0.15) is 16.7 Å². The maximum absolute atomic E-state index is 12.6. The lowest BCUT2D eigenvalue weighted by Gasteiger charge is -2.11. The number of fused-ring (bicyclic) bond motifs is 1. The van der Waals surface area contributed by atoms with Crippen molar-refractivity contribution in [3.05, 3.63) is 73.5 Å². The van der Waals surface area contributed by atoms with Gasteiger partial charge in [-0.2, -0.15) is 0 Å². The number of para-hydroxylation sites is 1. The molecule has 9 heteroatoms. The fourth-order valence-electron chi connectivity index (χ4n) is 3.20. The number of aromatic nitrogens is 3. The third-order valence-electron chi connectivity index (χ3n) is 4.80. The minimum absolute atomic E-state index is 0.123. The number of anilines is 1. The van der Waals surface area contributed by atoms with Gasteiger partial charge < -0.3 is 10.3 Å². The van der Waals surface area contributed by atoms with Gasteiger partial charge in [0.25, 0.3) is 5.56 Å². The largest absolute Gasteiger partial charge is 0.325 e. The molecule has 31 heavy (non-hydrogen) atoms. The lowest BCUT2D eigenvalue weighted by molar-refractivity contribution is -0.113. The van der Waals surface area contributed by atoms with Crippen molar-refractivity contribution in [1.29, 1.82) is 0 Å². The van der Waals surface area contributed by atoms with E-state index in [1.165, 1.54) is 23.1 Å². The normalized spacial score (nSPS) is 11.1. The average molecular weight is 469 g/mol. The second-order valence-corrected chi connectivity index (χ2v) is 9.77. The number of thioether (sulfide) groups is 1. The van der Waals surface area contributed by atoms with Gasteiger partial charge in [0.2, 0.25) is 5.91 Å². The van der Waals surface area contributed by atoms with Gasteiger partial charge in [0.05, 0.1) is 5.75 Å². The van der Waals surface area contributed by atoms with Crippen molar-refractivity contribution < 1.29 is 4.79 Å². The van der Waals surface area contributed by atoms with Crippen molar-refractivity contribution in [2.45, 2.75) is 25.9 Å². The van der Waals surface area contributed by atoms with Gasteiger partial charge in [-0.25, -0.2) is 4.98 Å². The van der Waals surface area contributed by atoms with Gasteiger partial charge in [0, 0.05) is 11.4 Å². The fraction of sp³-hybridized carbons (Fsp3) is 0.182. The summed E-state index contributed by atoms with van der Waals surface area (Å²) in [5.41, 5.74) is 5.04. The number of benzene rings is 2. The maximum Gasteiger partial charge on any atom is 0.271 e. The molecule has 2 aromatic carbocycles. The molecule has 1 amide bonds. The Morgan fingerprint density at radius 2 is 1.84 bits per heavy atom. The molecule has 0 aliphatic carbocycles. The van der Waals surface area contributed by atoms with Gasteiger partial charge in [-0.15, -0.1) is 0 Å². The number of thiazole rings is 1. The van der Waals surface area contributed by atoms with E-state index in [0.29, 0.717) is 19.5 Å². The minimum atomic E-state index is -0.260. The Hall–Kier alpha value is -2.75. The number of aryl methyl sites for hydroxylation is 3. The van der Waals surface area contributed by atoms with E-state index in [4.69, 9.17) is 12.2 Å². The molecule has 4 rings (SSSR count). The molecule has 0 saturated heterocycles. The number of aromatic amines is 1. The number of hydrogen-bond acceptors (Lipinski definition) is 6. The highest BCUT2D eigenvalue weighted by Crippen LogP contribution is 2.25. The second-order valence-electron chi connectivity index (χ2n) is 7.17. The molecular formula is C22H20N4O2S3. The Morgan fingerprint density at radius 1 is 1.16 bits per heavy atom. The fourth-order valence-corrected chi connectivity index (χ4v) is 5.13. The molecule has 0 unspecified atom stereocenters. The first kappa shape index (κ1) is 21.5. The molecule has 0 spiro atoms. The van der Waals surface area contributed by atoms with E-state index in [1.807, 2.05) is 63.2 Å². The molecule has 0 aliphatic heterocycles. The number of nitrogens with zero attached hydrogens (tertiary/aromatic N) is 2. The third-order valence-corrected chi connectivity index (χ3v) is 7.03. The van der Waals surface area contributed by atoms with Crippen LogP contribution in [-0.2, 0) is 4.79 Å². The molecule has 2 aromatic heterocycles. The Bertz CT molecular complexity index is 1380. The third kappa shape index (κ3) is 4.48. The van der Waals surface area contributed by atoms with Crippen LogP contribution in [0.2, 0.25) is 0 Å². The van der Waals surface area contributed by atoms with E-state index >= 15 is 0 Å². The Kier molecular flexibility index (Phi) is 6.08. The van der Waals surface area contributed by atoms with Gasteiger partial charge in [-0.1, -0.05) is 59.0 Å². The van der Waals surface area contributed by atoms with Crippen LogP contribution >= 0.6 is 35.3 Å². The van der Waals surface area contributed by atoms with Crippen LogP contribution < -0.4 is 10.9 Å². The van der Waals surface area contributed by atoms with Crippen LogP contribution in [-0.4, -0.2) is 26.2 Å². The lowest BCUT2D eigenvalue weighted by atomic mass is 10.1. The minimum Gasteiger partial charge on any atom is -0.325 e. The van der Waals surface area contributed by atoms with Gasteiger partial charge in [0.15, 0.2) is 14.8 Å². The molecule has 4 aromatic rings. The summed E-state index contributed by atoms with van der Waals surface area (Å²) in [6.45, 7) is 5.92. The molecule has 158 valence electrons. The zero-order valence-electron chi connectivity index (χ0n) is 17.2. The molecule has 2 heterocycles. The predicted octanol–water partition coefficient (Wildman–Crippen LogP) is 5.16. The summed E-state index contributed by atoms with van der Waals surface area (Å²) in [4.78, 5) is 32.5. The van der Waals surface area contributed by atoms with Crippen molar-refractivity contribution >= 4 is 57.3 Å². The van der Waals surface area contributed by atoms with E-state index < -0.39 is 0 Å². The molecule has 0 atom stereocenters. The summed E-state index contributed by atoms with van der Waals surface area (Å²) in [6.07, 6.45) is 0. The van der Waals surface area contributed by atoms with E-state index in [0.717, 1.165) is 28.1 Å². The molecule has 0 radical (unpaired) electrons. The number of carbonyl (C=O) groups excluding carboxylic acids is 1. The lowest BCUT2D eigenvalue weighted by Crippen LogP contribution is -2.17. The van der Waals surface area contributed by atoms with Crippen LogP contribution in [0.5, 0.6) is 0 Å². The summed E-state index contributed by atoms with van der Waals surface area (Å²) in [7, 11) is 0. The van der Waals surface area contributed by atoms with Gasteiger partial charge in [-0.05, 0) is 56.2 Å². The summed E-state index contributed by atoms with van der Waals surface area (Å²) in [5.74, 6) is -0.0386. The smallest absolute Gasteiger partial charge is 0.271 e. The van der Waals surface area contributed by atoms with Crippen molar-refractivity contribution in [3.8, 4) is 5.69 Å². The van der Waals surface area contributed by atoms with Crippen LogP contribution in [0.3, 0.4) is 0 Å². The van der Waals surface area contributed by atoms with Crippen molar-refractivity contribution in [1.82, 2.24) is 14.5 Å². The molecule has 0 saturated carbocycles. The summed E-state index contributed by atoms with van der Waals surface area (Å²) < 4.78 is 2.81. The zero-order chi connectivity index (χ0) is 22.1. The maximum atomic E-state index is 12.6. The highest BCUT2D eigenvalue weighted by Gasteiger charge is 2.15. The van der Waals surface area contributed by atoms with Crippen molar-refractivity contribution in [2.75, 3.05) is 11.1 Å². The first-order chi connectivity index (χ1) is 14.8. The average Bonchev–Trinajstić information content (AvgIpc) is 3.06. The standard InChI is InChI=1S/C22H20N4O2S3/c1-12-7-9-15(10-8-12)26-19-18(31-22(26)29)20(28)25-21(24-19)30-11-16(27)23-17-13(2)5-4-6-14(17)3/h4-10H,11H2,1-3H3,(H,23,27)(H,24,25,28). The van der Waals surface area contributed by atoms with Gasteiger partial charge in [-0.3, -0.25) is 14.2 Å². The second kappa shape index (κ2) is 8.78. The number of H-pyrrole nitrogens is 1. The quantitative estimate of drug-likeness (QED) is 0.240. The van der Waals surface area contributed by atoms with E-state index in [2.05, 4.69) is 15.3 Å². The van der Waals surface area contributed by atoms with Crippen LogP contribution in [0.25, 0.3) is 16.0 Å². The number of hydrogen-bond donors (Lipinski definition) is 2. The molecule has 0 aliphatic rings. The number of nitrogens with one attached hydrogen (secondary N) is 2. The summed E-state index contributed by atoms with van der Waals surface area (Å²) in [6, 6.07) is 13.7. The molecule has 0 fully saturated rings.